The monoisotopic (exact) mass is 550 g/mol. The van der Waals surface area contributed by atoms with Crippen LogP contribution in [0.5, 0.6) is 11.5 Å². The number of benzene rings is 2. The van der Waals surface area contributed by atoms with Gasteiger partial charge in [0.2, 0.25) is 0 Å². The van der Waals surface area contributed by atoms with Crippen LogP contribution >= 0.6 is 11.6 Å². The number of nitrogens with one attached hydrogen (secondary N) is 1. The minimum Gasteiger partial charge on any atom is -0.484 e. The lowest BCUT2D eigenvalue weighted by atomic mass is 9.95. The smallest absolute Gasteiger partial charge is 0.442 e. The van der Waals surface area contributed by atoms with Crippen molar-refractivity contribution in [3.05, 3.63) is 58.6 Å². The maximum atomic E-state index is 13.1. The first-order chi connectivity index (χ1) is 18.0. The zero-order valence-corrected chi connectivity index (χ0v) is 21.0. The van der Waals surface area contributed by atoms with Gasteiger partial charge in [-0.05, 0) is 55.3 Å². The molecule has 1 heterocycles. The molecular formula is C26H26ClF3N4O4. The Morgan fingerprint density at radius 2 is 1.66 bits per heavy atom. The fourth-order valence-electron chi connectivity index (χ4n) is 3.75. The molecule has 0 atom stereocenters. The summed E-state index contributed by atoms with van der Waals surface area (Å²) in [6, 6.07) is 10.8. The molecule has 1 saturated carbocycles. The minimum atomic E-state index is -4.67. The number of amides is 2. The van der Waals surface area contributed by atoms with Crippen molar-refractivity contribution in [2.75, 3.05) is 13.2 Å². The van der Waals surface area contributed by atoms with Gasteiger partial charge in [0.1, 0.15) is 11.5 Å². The van der Waals surface area contributed by atoms with Crippen LogP contribution in [0.25, 0.3) is 0 Å². The Labute approximate surface area is 222 Å². The first-order valence-electron chi connectivity index (χ1n) is 11.7. The van der Waals surface area contributed by atoms with Crippen LogP contribution in [0.1, 0.15) is 43.2 Å². The Morgan fingerprint density at radius 1 is 1.05 bits per heavy atom. The molecule has 38 heavy (non-hydrogen) atoms. The van der Waals surface area contributed by atoms with Crippen LogP contribution < -0.4 is 20.5 Å². The average Bonchev–Trinajstić information content (AvgIpc) is 3.71. The fourth-order valence-corrected chi connectivity index (χ4v) is 4.00. The SMILES string of the molecule is C#Cc1ccc(OCC(N)=O)cc1.O=C(COc1ccc(Cl)c(C2(C(F)(F)F)N=N2)c1)NC1CCCCC1. The highest BCUT2D eigenvalue weighted by atomic mass is 35.5. The third-order valence-electron chi connectivity index (χ3n) is 5.75. The van der Waals surface area contributed by atoms with Gasteiger partial charge in [0.05, 0.1) is 0 Å². The number of primary amides is 1. The normalized spacial score (nSPS) is 15.9. The lowest BCUT2D eigenvalue weighted by molar-refractivity contribution is -0.166. The number of ether oxygens (including phenoxy) is 2. The number of alkyl halides is 3. The number of halogens is 4. The molecule has 0 saturated heterocycles. The van der Waals surface area contributed by atoms with Crippen LogP contribution in [0.15, 0.2) is 52.7 Å². The van der Waals surface area contributed by atoms with E-state index in [0.717, 1.165) is 37.3 Å². The third-order valence-corrected chi connectivity index (χ3v) is 6.08. The second-order valence-electron chi connectivity index (χ2n) is 8.63. The standard InChI is InChI=1S/C16H17ClF3N3O2.C10H9NO2/c17-13-7-6-11(8-12(13)15(22-23-15)16(18,19)20)25-9-14(24)21-10-4-2-1-3-5-10;1-2-8-3-5-9(6-4-8)13-7-10(11)12/h6-8,10H,1-5,9H2,(H,21,24);1,3-6H,7H2,(H2,11,12). The molecule has 2 aromatic carbocycles. The van der Waals surface area contributed by atoms with Gasteiger partial charge in [0.15, 0.2) is 13.2 Å². The summed E-state index contributed by atoms with van der Waals surface area (Å²) in [5.41, 5.74) is 2.75. The van der Waals surface area contributed by atoms with Gasteiger partial charge in [-0.15, -0.1) is 16.7 Å². The van der Waals surface area contributed by atoms with E-state index in [-0.39, 0.29) is 41.5 Å². The molecule has 12 heteroatoms. The Balaban J connectivity index is 0.000000260. The van der Waals surface area contributed by atoms with Crippen LogP contribution in [0.2, 0.25) is 5.02 Å². The average molecular weight is 551 g/mol. The summed E-state index contributed by atoms with van der Waals surface area (Å²) in [5.74, 6) is 2.37. The predicted molar refractivity (Wildman–Crippen MR) is 134 cm³/mol. The van der Waals surface area contributed by atoms with Crippen molar-refractivity contribution < 1.29 is 32.2 Å². The van der Waals surface area contributed by atoms with E-state index in [2.05, 4.69) is 21.5 Å². The summed E-state index contributed by atoms with van der Waals surface area (Å²) in [4.78, 5) is 22.3. The maximum Gasteiger partial charge on any atom is 0.442 e. The van der Waals surface area contributed by atoms with Gasteiger partial charge >= 0.3 is 11.8 Å². The molecule has 1 fully saturated rings. The second-order valence-corrected chi connectivity index (χ2v) is 9.03. The van der Waals surface area contributed by atoms with E-state index in [4.69, 9.17) is 33.2 Å². The number of rotatable bonds is 8. The highest BCUT2D eigenvalue weighted by Gasteiger charge is 2.66. The summed E-state index contributed by atoms with van der Waals surface area (Å²) in [6.07, 6.45) is 5.70. The van der Waals surface area contributed by atoms with Gasteiger partial charge in [-0.25, -0.2) is 0 Å². The molecular weight excluding hydrogens is 525 g/mol. The van der Waals surface area contributed by atoms with Crippen molar-refractivity contribution >= 4 is 23.4 Å². The number of nitrogens with zero attached hydrogens (tertiary/aromatic N) is 2. The molecule has 3 N–H and O–H groups in total. The summed E-state index contributed by atoms with van der Waals surface area (Å²) in [5, 5.41) is 9.03. The highest BCUT2D eigenvalue weighted by Crippen LogP contribution is 2.54. The molecule has 1 aliphatic heterocycles. The van der Waals surface area contributed by atoms with E-state index in [1.165, 1.54) is 18.6 Å². The molecule has 0 aromatic heterocycles. The zero-order valence-electron chi connectivity index (χ0n) is 20.3. The molecule has 2 aromatic rings. The van der Waals surface area contributed by atoms with Gasteiger partial charge in [-0.3, -0.25) is 9.59 Å². The number of nitrogens with two attached hydrogens (primary N) is 1. The molecule has 202 valence electrons. The molecule has 1 aliphatic carbocycles. The number of hydrogen-bond acceptors (Lipinski definition) is 6. The molecule has 0 unspecified atom stereocenters. The maximum absolute atomic E-state index is 13.1. The molecule has 0 spiro atoms. The van der Waals surface area contributed by atoms with Crippen LogP contribution in [0, 0.1) is 12.3 Å². The van der Waals surface area contributed by atoms with E-state index in [1.54, 1.807) is 24.3 Å². The van der Waals surface area contributed by atoms with Crippen LogP contribution in [-0.2, 0) is 15.3 Å². The van der Waals surface area contributed by atoms with Crippen LogP contribution in [0.4, 0.5) is 13.2 Å². The highest BCUT2D eigenvalue weighted by molar-refractivity contribution is 6.31. The quantitative estimate of drug-likeness (QED) is 0.456. The Kier molecular flexibility index (Phi) is 9.58. The molecule has 2 aliphatic rings. The largest absolute Gasteiger partial charge is 0.484 e. The molecule has 0 radical (unpaired) electrons. The zero-order chi connectivity index (χ0) is 27.8. The summed E-state index contributed by atoms with van der Waals surface area (Å²) >= 11 is 5.86. The molecule has 0 bridgehead atoms. The predicted octanol–water partition coefficient (Wildman–Crippen LogP) is 4.88. The van der Waals surface area contributed by atoms with E-state index in [0.29, 0.717) is 5.75 Å². The second kappa shape index (κ2) is 12.6. The van der Waals surface area contributed by atoms with Crippen molar-refractivity contribution in [1.82, 2.24) is 5.32 Å². The Hall–Kier alpha value is -3.78. The van der Waals surface area contributed by atoms with Crippen molar-refractivity contribution in [3.8, 4) is 23.8 Å². The van der Waals surface area contributed by atoms with Crippen molar-refractivity contribution in [1.29, 1.82) is 0 Å². The first kappa shape index (κ1) is 28.8. The van der Waals surface area contributed by atoms with Gasteiger partial charge in [0.25, 0.3) is 11.8 Å². The van der Waals surface area contributed by atoms with E-state index < -0.39 is 17.7 Å². The van der Waals surface area contributed by atoms with Gasteiger partial charge in [-0.1, -0.05) is 36.8 Å². The van der Waals surface area contributed by atoms with E-state index in [9.17, 15) is 22.8 Å². The van der Waals surface area contributed by atoms with E-state index >= 15 is 0 Å². The Morgan fingerprint density at radius 3 is 2.21 bits per heavy atom. The van der Waals surface area contributed by atoms with E-state index in [1.807, 2.05) is 0 Å². The van der Waals surface area contributed by atoms with Crippen LogP contribution in [0.3, 0.4) is 0 Å². The lowest BCUT2D eigenvalue weighted by Crippen LogP contribution is -2.39. The number of hydrogen-bond donors (Lipinski definition) is 2. The summed E-state index contributed by atoms with van der Waals surface area (Å²) in [6.45, 7) is -0.389. The number of carbonyl (C=O) groups is 2. The third kappa shape index (κ3) is 7.86. The first-order valence-corrected chi connectivity index (χ1v) is 12.1. The van der Waals surface area contributed by atoms with Crippen molar-refractivity contribution in [2.45, 2.75) is 50.0 Å². The molecule has 4 rings (SSSR count). The van der Waals surface area contributed by atoms with Crippen LogP contribution in [-0.4, -0.2) is 37.2 Å². The number of terminal acetylenes is 1. The molecule has 2 amide bonds. The fraction of sp³-hybridized carbons (Fsp3) is 0.385. The molecule has 8 nitrogen and oxygen atoms in total. The summed E-state index contributed by atoms with van der Waals surface area (Å²) in [7, 11) is 0. The lowest BCUT2D eigenvalue weighted by Gasteiger charge is -2.22. The number of carbonyl (C=O) groups excluding carboxylic acids is 2. The van der Waals surface area contributed by atoms with Gasteiger partial charge < -0.3 is 20.5 Å². The van der Waals surface area contributed by atoms with Crippen molar-refractivity contribution in [2.24, 2.45) is 16.0 Å². The Bertz CT molecular complexity index is 1200. The minimum absolute atomic E-state index is 0.110. The topological polar surface area (TPSA) is 115 Å². The summed E-state index contributed by atoms with van der Waals surface area (Å²) < 4.78 is 49.7. The van der Waals surface area contributed by atoms with Gasteiger partial charge in [-0.2, -0.15) is 13.2 Å². The van der Waals surface area contributed by atoms with Crippen molar-refractivity contribution in [3.63, 3.8) is 0 Å². The van der Waals surface area contributed by atoms with Gasteiger partial charge in [0, 0.05) is 22.2 Å².